The number of hydrogen-bond donors (Lipinski definition) is 1. The van der Waals surface area contributed by atoms with E-state index in [-0.39, 0.29) is 5.91 Å². The number of carbonyl (C=O) groups is 1. The molecule has 3 rings (SSSR count). The van der Waals surface area contributed by atoms with E-state index in [0.717, 1.165) is 27.9 Å². The molecule has 0 atom stereocenters. The molecule has 0 unspecified atom stereocenters. The minimum Gasteiger partial charge on any atom is -0.493 e. The number of unbranched alkanes of at least 4 members (excludes halogenated alkanes) is 5. The smallest absolute Gasteiger partial charge is 0.264 e. The highest BCUT2D eigenvalue weighted by Crippen LogP contribution is 2.32. The van der Waals surface area contributed by atoms with Gasteiger partial charge in [-0.1, -0.05) is 66.6 Å². The highest BCUT2D eigenvalue weighted by atomic mass is 79.9. The third kappa shape index (κ3) is 7.70. The average Bonchev–Trinajstić information content (AvgIpc) is 3.09. The molecule has 1 saturated heterocycles. The summed E-state index contributed by atoms with van der Waals surface area (Å²) in [5.74, 6) is 0.611. The van der Waals surface area contributed by atoms with Crippen molar-refractivity contribution >= 4 is 62.1 Å². The Bertz CT molecular complexity index is 961. The van der Waals surface area contributed by atoms with Crippen molar-refractivity contribution in [3.05, 3.63) is 62.4 Å². The molecule has 0 aliphatic carbocycles. The van der Waals surface area contributed by atoms with Crippen LogP contribution in [-0.2, 0) is 4.79 Å². The first-order valence-corrected chi connectivity index (χ1v) is 12.5. The summed E-state index contributed by atoms with van der Waals surface area (Å²) in [4.78, 5) is 17.5. The zero-order valence-corrected chi connectivity index (χ0v) is 20.7. The molecule has 1 amide bonds. The second-order valence-electron chi connectivity index (χ2n) is 7.26. The van der Waals surface area contributed by atoms with Crippen molar-refractivity contribution in [3.63, 3.8) is 0 Å². The minimum absolute atomic E-state index is 0.167. The first-order valence-electron chi connectivity index (χ1n) is 10.5. The summed E-state index contributed by atoms with van der Waals surface area (Å²) in [5, 5.41) is 4.01. The van der Waals surface area contributed by atoms with Crippen LogP contribution in [0.4, 0.5) is 5.69 Å². The van der Waals surface area contributed by atoms with Gasteiger partial charge in [0.25, 0.3) is 5.91 Å². The van der Waals surface area contributed by atoms with E-state index in [4.69, 9.17) is 16.3 Å². The topological polar surface area (TPSA) is 50.7 Å². The summed E-state index contributed by atoms with van der Waals surface area (Å²) >= 11 is 10.7. The van der Waals surface area contributed by atoms with Crippen molar-refractivity contribution in [2.75, 3.05) is 6.61 Å². The summed E-state index contributed by atoms with van der Waals surface area (Å²) in [6, 6.07) is 13.0. The van der Waals surface area contributed by atoms with Crippen LogP contribution < -0.4 is 10.1 Å². The van der Waals surface area contributed by atoms with Crippen LogP contribution in [0.3, 0.4) is 0 Å². The Labute approximate surface area is 201 Å². The number of amidine groups is 1. The molecule has 4 nitrogen and oxygen atoms in total. The van der Waals surface area contributed by atoms with E-state index in [1.54, 1.807) is 12.1 Å². The Morgan fingerprint density at radius 1 is 1.10 bits per heavy atom. The molecule has 0 bridgehead atoms. The van der Waals surface area contributed by atoms with Gasteiger partial charge in [-0.3, -0.25) is 4.79 Å². The molecule has 0 spiro atoms. The van der Waals surface area contributed by atoms with E-state index >= 15 is 0 Å². The van der Waals surface area contributed by atoms with E-state index in [0.29, 0.717) is 21.7 Å². The normalized spacial score (nSPS) is 16.2. The van der Waals surface area contributed by atoms with Crippen molar-refractivity contribution in [1.82, 2.24) is 5.32 Å². The number of halogens is 2. The lowest BCUT2D eigenvalue weighted by Gasteiger charge is -2.10. The molecule has 0 saturated carbocycles. The van der Waals surface area contributed by atoms with Crippen molar-refractivity contribution in [2.24, 2.45) is 4.99 Å². The maximum Gasteiger partial charge on any atom is 0.264 e. The highest BCUT2D eigenvalue weighted by Gasteiger charge is 2.24. The summed E-state index contributed by atoms with van der Waals surface area (Å²) in [5.41, 5.74) is 1.60. The molecule has 1 fully saturated rings. The van der Waals surface area contributed by atoms with Crippen LogP contribution in [0.2, 0.25) is 5.02 Å². The van der Waals surface area contributed by atoms with Crippen LogP contribution in [0.15, 0.2) is 56.8 Å². The Kier molecular flexibility index (Phi) is 9.50. The third-order valence-corrected chi connectivity index (χ3v) is 6.38. The molecule has 1 heterocycles. The van der Waals surface area contributed by atoms with Gasteiger partial charge in [-0.15, -0.1) is 0 Å². The van der Waals surface area contributed by atoms with Gasteiger partial charge >= 0.3 is 0 Å². The van der Waals surface area contributed by atoms with Gasteiger partial charge in [0.2, 0.25) is 0 Å². The molecule has 1 aliphatic rings. The maximum atomic E-state index is 12.5. The fourth-order valence-corrected chi connectivity index (χ4v) is 4.42. The minimum atomic E-state index is -0.167. The molecular formula is C24H26BrClN2O2S. The summed E-state index contributed by atoms with van der Waals surface area (Å²) in [6.45, 7) is 2.90. The van der Waals surface area contributed by atoms with Gasteiger partial charge in [-0.25, -0.2) is 4.99 Å². The number of benzene rings is 2. The van der Waals surface area contributed by atoms with Crippen LogP contribution in [0.5, 0.6) is 5.75 Å². The standard InChI is InChI=1S/C24H26BrClN2O2S/c1-2-3-4-5-6-7-14-30-21-13-8-18(25)15-17(21)16-22-23(29)28-24(31-22)27-20-11-9-19(26)10-12-20/h8-13,15-16H,2-7,14H2,1H3,(H,27,28,29)/b22-16+. The van der Waals surface area contributed by atoms with Crippen molar-refractivity contribution in [1.29, 1.82) is 0 Å². The van der Waals surface area contributed by atoms with Crippen molar-refractivity contribution < 1.29 is 9.53 Å². The number of ether oxygens (including phenoxy) is 1. The molecule has 164 valence electrons. The monoisotopic (exact) mass is 520 g/mol. The van der Waals surface area contributed by atoms with E-state index in [2.05, 4.69) is 33.2 Å². The van der Waals surface area contributed by atoms with Crippen LogP contribution in [-0.4, -0.2) is 17.7 Å². The van der Waals surface area contributed by atoms with Gasteiger partial charge in [0, 0.05) is 15.1 Å². The molecule has 31 heavy (non-hydrogen) atoms. The predicted octanol–water partition coefficient (Wildman–Crippen LogP) is 7.73. The highest BCUT2D eigenvalue weighted by molar-refractivity contribution is 9.10. The number of rotatable bonds is 10. The predicted molar refractivity (Wildman–Crippen MR) is 135 cm³/mol. The van der Waals surface area contributed by atoms with Gasteiger partial charge in [0.15, 0.2) is 5.17 Å². The fourth-order valence-electron chi connectivity index (χ4n) is 3.08. The van der Waals surface area contributed by atoms with Crippen LogP contribution in [0, 0.1) is 0 Å². The number of aliphatic imine (C=N–C) groups is 1. The molecule has 7 heteroatoms. The molecule has 0 aromatic heterocycles. The molecule has 0 radical (unpaired) electrons. The Morgan fingerprint density at radius 2 is 1.84 bits per heavy atom. The van der Waals surface area contributed by atoms with Crippen molar-refractivity contribution in [2.45, 2.75) is 45.4 Å². The average molecular weight is 522 g/mol. The van der Waals surface area contributed by atoms with Gasteiger partial charge in [0.1, 0.15) is 5.75 Å². The van der Waals surface area contributed by atoms with E-state index in [1.165, 1.54) is 43.9 Å². The molecular weight excluding hydrogens is 496 g/mol. The quantitative estimate of drug-likeness (QED) is 0.257. The molecule has 2 aromatic carbocycles. The molecule has 1 aliphatic heterocycles. The lowest BCUT2D eigenvalue weighted by atomic mass is 10.1. The van der Waals surface area contributed by atoms with Crippen LogP contribution >= 0.6 is 39.3 Å². The van der Waals surface area contributed by atoms with E-state index in [9.17, 15) is 4.79 Å². The molecule has 2 aromatic rings. The van der Waals surface area contributed by atoms with Gasteiger partial charge in [-0.05, 0) is 66.7 Å². The Hall–Kier alpha value is -1.76. The maximum absolute atomic E-state index is 12.5. The number of carbonyl (C=O) groups excluding carboxylic acids is 1. The lowest BCUT2D eigenvalue weighted by Crippen LogP contribution is -2.19. The largest absolute Gasteiger partial charge is 0.493 e. The third-order valence-electron chi connectivity index (χ3n) is 4.72. The van der Waals surface area contributed by atoms with E-state index in [1.807, 2.05) is 36.4 Å². The number of nitrogens with zero attached hydrogens (tertiary/aromatic N) is 1. The second kappa shape index (κ2) is 12.3. The van der Waals surface area contributed by atoms with Crippen LogP contribution in [0.1, 0.15) is 51.0 Å². The number of nitrogens with one attached hydrogen (secondary N) is 1. The first kappa shape index (κ1) is 23.9. The van der Waals surface area contributed by atoms with Gasteiger partial charge in [0.05, 0.1) is 17.2 Å². The zero-order valence-electron chi connectivity index (χ0n) is 17.5. The number of amides is 1. The lowest BCUT2D eigenvalue weighted by molar-refractivity contribution is -0.115. The summed E-state index contributed by atoms with van der Waals surface area (Å²) in [6.07, 6.45) is 9.16. The fraction of sp³-hybridized carbons (Fsp3) is 0.333. The summed E-state index contributed by atoms with van der Waals surface area (Å²) in [7, 11) is 0. The number of thioether (sulfide) groups is 1. The first-order chi connectivity index (χ1) is 15.0. The van der Waals surface area contributed by atoms with Crippen LogP contribution in [0.25, 0.3) is 6.08 Å². The van der Waals surface area contributed by atoms with Gasteiger partial charge in [-0.2, -0.15) is 0 Å². The summed E-state index contributed by atoms with van der Waals surface area (Å²) < 4.78 is 6.96. The van der Waals surface area contributed by atoms with Gasteiger partial charge < -0.3 is 10.1 Å². The number of hydrogen-bond acceptors (Lipinski definition) is 4. The van der Waals surface area contributed by atoms with Crippen molar-refractivity contribution in [3.8, 4) is 5.75 Å². The van der Waals surface area contributed by atoms with E-state index < -0.39 is 0 Å². The Morgan fingerprint density at radius 3 is 2.61 bits per heavy atom. The SMILES string of the molecule is CCCCCCCCOc1ccc(Br)cc1/C=C1/SC(=Nc2ccc(Cl)cc2)NC1=O. The zero-order chi connectivity index (χ0) is 22.1. The Balaban J connectivity index is 1.65. The molecule has 1 N–H and O–H groups in total. The second-order valence-corrected chi connectivity index (χ2v) is 9.64.